The summed E-state index contributed by atoms with van der Waals surface area (Å²) in [5.74, 6) is 0.722. The maximum Gasteiger partial charge on any atom is 0.240 e. The topological polar surface area (TPSA) is 67.3 Å². The fourth-order valence-electron chi connectivity index (χ4n) is 3.14. The normalized spacial score (nSPS) is 17.9. The number of nitrogens with zero attached hydrogens (tertiary/aromatic N) is 2. The van der Waals surface area contributed by atoms with Gasteiger partial charge in [-0.3, -0.25) is 0 Å². The summed E-state index contributed by atoms with van der Waals surface area (Å²) in [4.78, 5) is 8.52. The second-order valence-electron chi connectivity index (χ2n) is 5.99. The predicted molar refractivity (Wildman–Crippen MR) is 89.6 cm³/mol. The molecule has 0 aliphatic carbocycles. The predicted octanol–water partition coefficient (Wildman–Crippen LogP) is 2.93. The van der Waals surface area contributed by atoms with Crippen LogP contribution >= 0.6 is 0 Å². The van der Waals surface area contributed by atoms with Crippen LogP contribution in [0.25, 0.3) is 11.3 Å². The van der Waals surface area contributed by atoms with Crippen LogP contribution in [-0.2, 0) is 6.42 Å². The zero-order chi connectivity index (χ0) is 16.1. The molecule has 1 aliphatic heterocycles. The van der Waals surface area contributed by atoms with Gasteiger partial charge < -0.3 is 15.2 Å². The van der Waals surface area contributed by atoms with Gasteiger partial charge in [-0.15, -0.1) is 0 Å². The third-order valence-corrected chi connectivity index (χ3v) is 4.30. The van der Waals surface area contributed by atoms with Crippen molar-refractivity contribution >= 4 is 0 Å². The Hall–Kier alpha value is -2.14. The minimum absolute atomic E-state index is 0.252. The van der Waals surface area contributed by atoms with E-state index in [4.69, 9.17) is 4.74 Å². The Morgan fingerprint density at radius 2 is 2.09 bits per heavy atom. The van der Waals surface area contributed by atoms with E-state index < -0.39 is 0 Å². The number of aromatic nitrogens is 2. The number of benzene rings is 1. The number of nitrogens with one attached hydrogen (secondary N) is 1. The van der Waals surface area contributed by atoms with Gasteiger partial charge in [-0.1, -0.05) is 6.42 Å². The zero-order valence-electron chi connectivity index (χ0n) is 13.5. The van der Waals surface area contributed by atoms with Crippen LogP contribution in [0.5, 0.6) is 11.6 Å². The Morgan fingerprint density at radius 1 is 1.22 bits per heavy atom. The molecule has 0 amide bonds. The smallest absolute Gasteiger partial charge is 0.240 e. The number of methoxy groups -OCH3 is 1. The molecule has 3 rings (SSSR count). The van der Waals surface area contributed by atoms with E-state index in [1.165, 1.54) is 19.3 Å². The van der Waals surface area contributed by atoms with Gasteiger partial charge in [0.15, 0.2) is 0 Å². The van der Waals surface area contributed by atoms with Crippen molar-refractivity contribution in [2.45, 2.75) is 38.1 Å². The van der Waals surface area contributed by atoms with Crippen molar-refractivity contribution in [1.29, 1.82) is 0 Å². The molecule has 0 spiro atoms. The fourth-order valence-corrected chi connectivity index (χ4v) is 3.14. The number of phenolic OH excluding ortho intramolecular Hbond substituents is 1. The highest BCUT2D eigenvalue weighted by Gasteiger charge is 2.14. The van der Waals surface area contributed by atoms with Gasteiger partial charge in [0.2, 0.25) is 5.88 Å². The minimum Gasteiger partial charge on any atom is -0.508 e. The standard InChI is InChI=1S/C18H23N3O2/c1-23-18-17(20-8-9-21-18)14-10-13(11-16(22)12-14)5-6-15-4-2-3-7-19-15/h8-12,15,19,22H,2-7H2,1H3. The highest BCUT2D eigenvalue weighted by molar-refractivity contribution is 5.66. The number of aromatic hydroxyl groups is 1. The summed E-state index contributed by atoms with van der Waals surface area (Å²) in [6.45, 7) is 1.12. The van der Waals surface area contributed by atoms with Crippen molar-refractivity contribution in [3.63, 3.8) is 0 Å². The summed E-state index contributed by atoms with van der Waals surface area (Å²) in [6, 6.07) is 6.18. The van der Waals surface area contributed by atoms with Crippen LogP contribution in [0.2, 0.25) is 0 Å². The summed E-state index contributed by atoms with van der Waals surface area (Å²) >= 11 is 0. The maximum atomic E-state index is 10.1. The van der Waals surface area contributed by atoms with Gasteiger partial charge in [-0.2, -0.15) is 0 Å². The maximum absolute atomic E-state index is 10.1. The Bertz CT molecular complexity index is 654. The SMILES string of the molecule is COc1nccnc1-c1cc(O)cc(CCC2CCCCN2)c1. The van der Waals surface area contributed by atoms with Crippen LogP contribution in [-0.4, -0.2) is 34.8 Å². The molecular formula is C18H23N3O2. The number of phenols is 1. The van der Waals surface area contributed by atoms with E-state index in [1.54, 1.807) is 25.6 Å². The molecule has 5 heteroatoms. The van der Waals surface area contributed by atoms with Crippen molar-refractivity contribution in [3.05, 3.63) is 36.2 Å². The van der Waals surface area contributed by atoms with Gasteiger partial charge in [0, 0.05) is 24.0 Å². The fraction of sp³-hybridized carbons (Fsp3) is 0.444. The summed E-state index contributed by atoms with van der Waals surface area (Å²) in [5, 5.41) is 13.6. The number of ether oxygens (including phenoxy) is 1. The molecule has 2 N–H and O–H groups in total. The van der Waals surface area contributed by atoms with Crippen LogP contribution in [0, 0.1) is 0 Å². The number of aryl methyl sites for hydroxylation is 1. The van der Waals surface area contributed by atoms with Crippen LogP contribution < -0.4 is 10.1 Å². The third-order valence-electron chi connectivity index (χ3n) is 4.30. The van der Waals surface area contributed by atoms with E-state index in [1.807, 2.05) is 6.07 Å². The second-order valence-corrected chi connectivity index (χ2v) is 5.99. The molecule has 122 valence electrons. The van der Waals surface area contributed by atoms with Gasteiger partial charge in [-0.05, 0) is 56.0 Å². The molecular weight excluding hydrogens is 290 g/mol. The van der Waals surface area contributed by atoms with Gasteiger partial charge in [0.05, 0.1) is 7.11 Å². The van der Waals surface area contributed by atoms with E-state index in [-0.39, 0.29) is 5.75 Å². The third kappa shape index (κ3) is 3.99. The number of hydrogen-bond donors (Lipinski definition) is 2. The lowest BCUT2D eigenvalue weighted by atomic mass is 9.96. The van der Waals surface area contributed by atoms with E-state index in [9.17, 15) is 5.11 Å². The van der Waals surface area contributed by atoms with Gasteiger partial charge in [-0.25, -0.2) is 9.97 Å². The van der Waals surface area contributed by atoms with Crippen molar-refractivity contribution < 1.29 is 9.84 Å². The molecule has 1 aromatic carbocycles. The molecule has 1 aliphatic rings. The Balaban J connectivity index is 1.78. The molecule has 1 unspecified atom stereocenters. The summed E-state index contributed by atoms with van der Waals surface area (Å²) in [7, 11) is 1.58. The zero-order valence-corrected chi connectivity index (χ0v) is 13.5. The molecule has 1 fully saturated rings. The van der Waals surface area contributed by atoms with Crippen LogP contribution in [0.1, 0.15) is 31.2 Å². The molecule has 0 radical (unpaired) electrons. The highest BCUT2D eigenvalue weighted by Crippen LogP contribution is 2.30. The van der Waals surface area contributed by atoms with Crippen LogP contribution in [0.4, 0.5) is 0 Å². The van der Waals surface area contributed by atoms with Crippen LogP contribution in [0.3, 0.4) is 0 Å². The molecule has 5 nitrogen and oxygen atoms in total. The Kier molecular flexibility index (Phi) is 5.08. The van der Waals surface area contributed by atoms with Crippen molar-refractivity contribution in [2.24, 2.45) is 0 Å². The van der Waals surface area contributed by atoms with E-state index >= 15 is 0 Å². The Labute approximate surface area is 136 Å². The molecule has 0 saturated carbocycles. The Morgan fingerprint density at radius 3 is 2.87 bits per heavy atom. The monoisotopic (exact) mass is 313 g/mol. The first-order chi connectivity index (χ1) is 11.3. The number of rotatable bonds is 5. The first-order valence-corrected chi connectivity index (χ1v) is 8.18. The van der Waals surface area contributed by atoms with Crippen molar-refractivity contribution in [1.82, 2.24) is 15.3 Å². The van der Waals surface area contributed by atoms with Crippen molar-refractivity contribution in [3.8, 4) is 22.9 Å². The summed E-state index contributed by atoms with van der Waals surface area (Å²) < 4.78 is 5.27. The van der Waals surface area contributed by atoms with E-state index in [2.05, 4.69) is 21.4 Å². The summed E-state index contributed by atoms with van der Waals surface area (Å²) in [5.41, 5.74) is 2.60. The quantitative estimate of drug-likeness (QED) is 0.888. The largest absolute Gasteiger partial charge is 0.508 e. The van der Waals surface area contributed by atoms with E-state index in [0.29, 0.717) is 17.6 Å². The number of piperidine rings is 1. The lowest BCUT2D eigenvalue weighted by Gasteiger charge is -2.23. The lowest BCUT2D eigenvalue weighted by molar-refractivity contribution is 0.382. The lowest BCUT2D eigenvalue weighted by Crippen LogP contribution is -2.34. The summed E-state index contributed by atoms with van der Waals surface area (Å²) in [6.07, 6.45) is 9.07. The molecule has 2 aromatic rings. The second kappa shape index (κ2) is 7.42. The molecule has 1 saturated heterocycles. The molecule has 0 bridgehead atoms. The van der Waals surface area contributed by atoms with E-state index in [0.717, 1.165) is 30.5 Å². The van der Waals surface area contributed by atoms with Gasteiger partial charge in [0.1, 0.15) is 11.4 Å². The molecule has 23 heavy (non-hydrogen) atoms. The first kappa shape index (κ1) is 15.7. The minimum atomic E-state index is 0.252. The van der Waals surface area contributed by atoms with Gasteiger partial charge in [0.25, 0.3) is 0 Å². The first-order valence-electron chi connectivity index (χ1n) is 8.18. The highest BCUT2D eigenvalue weighted by atomic mass is 16.5. The average molecular weight is 313 g/mol. The van der Waals surface area contributed by atoms with Gasteiger partial charge >= 0.3 is 0 Å². The number of hydrogen-bond acceptors (Lipinski definition) is 5. The average Bonchev–Trinajstić information content (AvgIpc) is 2.60. The molecule has 2 heterocycles. The molecule has 1 atom stereocenters. The van der Waals surface area contributed by atoms with Crippen LogP contribution in [0.15, 0.2) is 30.6 Å². The molecule has 1 aromatic heterocycles. The van der Waals surface area contributed by atoms with Crippen molar-refractivity contribution in [2.75, 3.05) is 13.7 Å².